The maximum atomic E-state index is 11.8. The van der Waals surface area contributed by atoms with E-state index in [1.807, 2.05) is 23.5 Å². The van der Waals surface area contributed by atoms with Gasteiger partial charge in [0.1, 0.15) is 5.37 Å². The quantitative estimate of drug-likeness (QED) is 0.298. The summed E-state index contributed by atoms with van der Waals surface area (Å²) in [5.74, 6) is 2.10. The van der Waals surface area contributed by atoms with Crippen molar-refractivity contribution in [1.82, 2.24) is 14.7 Å². The number of carbonyl (C=O) groups is 1. The van der Waals surface area contributed by atoms with Crippen LogP contribution in [0.15, 0.2) is 59.5 Å². The number of para-hydroxylation sites is 1. The molecule has 2 aliphatic heterocycles. The molecule has 4 rings (SSSR count). The average molecular weight is 515 g/mol. The second-order valence-electron chi connectivity index (χ2n) is 8.68. The standard InChI is InChI=1S/C26H34N4OS3/c1-21(31)27(2)26(32)30-18-20-34-25(30)23-11-6-7-12-24(23)33-19-8-13-28-14-16-29(17-15-28)22-9-4-3-5-10-22/h3-7,9-12,25H,8,13-20H2,1-2H3. The van der Waals surface area contributed by atoms with E-state index in [-0.39, 0.29) is 11.3 Å². The fourth-order valence-electron chi connectivity index (χ4n) is 4.41. The van der Waals surface area contributed by atoms with Gasteiger partial charge in [0.25, 0.3) is 0 Å². The summed E-state index contributed by atoms with van der Waals surface area (Å²) in [7, 11) is 1.77. The van der Waals surface area contributed by atoms with Gasteiger partial charge in [0.2, 0.25) is 5.91 Å². The lowest BCUT2D eigenvalue weighted by atomic mass is 10.2. The van der Waals surface area contributed by atoms with Crippen LogP contribution >= 0.6 is 35.7 Å². The van der Waals surface area contributed by atoms with E-state index in [4.69, 9.17) is 12.2 Å². The van der Waals surface area contributed by atoms with E-state index in [0.29, 0.717) is 5.11 Å². The Bertz CT molecular complexity index is 966. The number of anilines is 1. The lowest BCUT2D eigenvalue weighted by Crippen LogP contribution is -2.46. The first-order chi connectivity index (χ1) is 16.5. The number of piperazine rings is 1. The van der Waals surface area contributed by atoms with Crippen molar-refractivity contribution in [3.63, 3.8) is 0 Å². The number of carbonyl (C=O) groups excluding carboxylic acids is 1. The Morgan fingerprint density at radius 2 is 1.76 bits per heavy atom. The van der Waals surface area contributed by atoms with Crippen LogP contribution < -0.4 is 4.90 Å². The van der Waals surface area contributed by atoms with Crippen molar-refractivity contribution in [1.29, 1.82) is 0 Å². The van der Waals surface area contributed by atoms with Crippen LogP contribution in [0.1, 0.15) is 24.3 Å². The Morgan fingerprint density at radius 1 is 1.06 bits per heavy atom. The minimum atomic E-state index is -0.0205. The van der Waals surface area contributed by atoms with Gasteiger partial charge in [0.05, 0.1) is 0 Å². The van der Waals surface area contributed by atoms with Gasteiger partial charge in [0.15, 0.2) is 5.11 Å². The van der Waals surface area contributed by atoms with Crippen LogP contribution in [0.3, 0.4) is 0 Å². The third-order valence-electron chi connectivity index (χ3n) is 6.45. The van der Waals surface area contributed by atoms with Crippen LogP contribution in [-0.2, 0) is 4.79 Å². The molecule has 2 aliphatic rings. The van der Waals surface area contributed by atoms with Gasteiger partial charge < -0.3 is 9.80 Å². The zero-order valence-corrected chi connectivity index (χ0v) is 22.5. The van der Waals surface area contributed by atoms with Gasteiger partial charge in [-0.2, -0.15) is 0 Å². The number of thiocarbonyl (C=S) groups is 1. The predicted molar refractivity (Wildman–Crippen MR) is 150 cm³/mol. The van der Waals surface area contributed by atoms with Gasteiger partial charge in [0, 0.05) is 63.0 Å². The number of benzene rings is 2. The summed E-state index contributed by atoms with van der Waals surface area (Å²) < 4.78 is 0. The Kier molecular flexibility index (Phi) is 9.17. The fraction of sp³-hybridized carbons (Fsp3) is 0.462. The summed E-state index contributed by atoms with van der Waals surface area (Å²) in [6.45, 7) is 8.05. The number of thioether (sulfide) groups is 2. The van der Waals surface area contributed by atoms with Crippen molar-refractivity contribution in [2.45, 2.75) is 23.6 Å². The average Bonchev–Trinajstić information content (AvgIpc) is 3.36. The minimum Gasteiger partial charge on any atom is -0.369 e. The van der Waals surface area contributed by atoms with E-state index in [9.17, 15) is 4.79 Å². The third-order valence-corrected chi connectivity index (χ3v) is 9.38. The molecule has 0 radical (unpaired) electrons. The molecule has 0 spiro atoms. The molecule has 1 amide bonds. The first-order valence-corrected chi connectivity index (χ1v) is 14.4. The van der Waals surface area contributed by atoms with Gasteiger partial charge in [-0.05, 0) is 54.7 Å². The van der Waals surface area contributed by atoms with Gasteiger partial charge in [-0.3, -0.25) is 14.6 Å². The second kappa shape index (κ2) is 12.3. The molecule has 5 nitrogen and oxygen atoms in total. The van der Waals surface area contributed by atoms with E-state index in [1.165, 1.54) is 22.6 Å². The molecular formula is C26H34N4OS3. The molecule has 1 atom stereocenters. The zero-order valence-electron chi connectivity index (χ0n) is 20.1. The molecule has 2 aromatic rings. The molecule has 1 unspecified atom stereocenters. The van der Waals surface area contributed by atoms with Crippen molar-refractivity contribution in [3.05, 3.63) is 60.2 Å². The van der Waals surface area contributed by atoms with Crippen molar-refractivity contribution in [2.24, 2.45) is 0 Å². The summed E-state index contributed by atoms with van der Waals surface area (Å²) in [6.07, 6.45) is 1.18. The SMILES string of the molecule is CC(=O)N(C)C(=S)N1CCSC1c1ccccc1SCCCN1CCN(c2ccccc2)CC1. The highest BCUT2D eigenvalue weighted by atomic mass is 32.2. The van der Waals surface area contributed by atoms with Crippen LogP contribution in [-0.4, -0.2) is 83.5 Å². The molecule has 34 heavy (non-hydrogen) atoms. The van der Waals surface area contributed by atoms with Crippen molar-refractivity contribution >= 4 is 52.4 Å². The molecule has 0 aromatic heterocycles. The molecule has 2 heterocycles. The van der Waals surface area contributed by atoms with Crippen LogP contribution in [0, 0.1) is 0 Å². The van der Waals surface area contributed by atoms with Crippen LogP contribution in [0.5, 0.6) is 0 Å². The minimum absolute atomic E-state index is 0.0205. The normalized spacial score (nSPS) is 18.8. The lowest BCUT2D eigenvalue weighted by Gasteiger charge is -2.36. The van der Waals surface area contributed by atoms with E-state index < -0.39 is 0 Å². The van der Waals surface area contributed by atoms with E-state index in [0.717, 1.165) is 50.8 Å². The number of amides is 1. The molecule has 0 N–H and O–H groups in total. The van der Waals surface area contributed by atoms with Crippen molar-refractivity contribution in [2.75, 3.05) is 62.7 Å². The monoisotopic (exact) mass is 514 g/mol. The number of rotatable bonds is 7. The molecule has 2 saturated heterocycles. The topological polar surface area (TPSA) is 30.0 Å². The van der Waals surface area contributed by atoms with Gasteiger partial charge in [-0.25, -0.2) is 0 Å². The Morgan fingerprint density at radius 3 is 2.50 bits per heavy atom. The number of nitrogens with zero attached hydrogens (tertiary/aromatic N) is 4. The summed E-state index contributed by atoms with van der Waals surface area (Å²) in [5, 5.41) is 0.793. The molecule has 2 aromatic carbocycles. The fourth-order valence-corrected chi connectivity index (χ4v) is 7.18. The summed E-state index contributed by atoms with van der Waals surface area (Å²) >= 11 is 9.51. The molecular weight excluding hydrogens is 481 g/mol. The van der Waals surface area contributed by atoms with E-state index in [2.05, 4.69) is 69.3 Å². The molecule has 0 saturated carbocycles. The second-order valence-corrected chi connectivity index (χ2v) is 11.4. The maximum Gasteiger partial charge on any atom is 0.225 e. The Balaban J connectivity index is 1.27. The molecule has 8 heteroatoms. The summed E-state index contributed by atoms with van der Waals surface area (Å²) in [5.41, 5.74) is 2.65. The van der Waals surface area contributed by atoms with Crippen molar-refractivity contribution < 1.29 is 4.79 Å². The number of hydrogen-bond donors (Lipinski definition) is 0. The summed E-state index contributed by atoms with van der Waals surface area (Å²) in [6, 6.07) is 19.4. The van der Waals surface area contributed by atoms with Crippen molar-refractivity contribution in [3.8, 4) is 0 Å². The first-order valence-electron chi connectivity index (χ1n) is 11.9. The van der Waals surface area contributed by atoms with Crippen LogP contribution in [0.2, 0.25) is 0 Å². The third kappa shape index (κ3) is 6.27. The highest BCUT2D eigenvalue weighted by molar-refractivity contribution is 8.00. The molecule has 2 fully saturated rings. The Hall–Kier alpha value is -1.74. The zero-order chi connectivity index (χ0) is 23.9. The van der Waals surface area contributed by atoms with Gasteiger partial charge in [-0.15, -0.1) is 23.5 Å². The first kappa shape index (κ1) is 25.4. The maximum absolute atomic E-state index is 11.8. The Labute approximate surface area is 217 Å². The van der Waals surface area contributed by atoms with E-state index >= 15 is 0 Å². The summed E-state index contributed by atoms with van der Waals surface area (Å²) in [4.78, 5) is 22.0. The highest BCUT2D eigenvalue weighted by Gasteiger charge is 2.32. The smallest absolute Gasteiger partial charge is 0.225 e. The molecule has 0 aliphatic carbocycles. The van der Waals surface area contributed by atoms with Crippen LogP contribution in [0.25, 0.3) is 0 Å². The molecule has 182 valence electrons. The van der Waals surface area contributed by atoms with Gasteiger partial charge >= 0.3 is 0 Å². The van der Waals surface area contributed by atoms with E-state index in [1.54, 1.807) is 18.9 Å². The number of hydrogen-bond acceptors (Lipinski definition) is 6. The highest BCUT2D eigenvalue weighted by Crippen LogP contribution is 2.42. The lowest BCUT2D eigenvalue weighted by molar-refractivity contribution is -0.124. The predicted octanol–water partition coefficient (Wildman–Crippen LogP) is 4.80. The van der Waals surface area contributed by atoms with Gasteiger partial charge in [-0.1, -0.05) is 36.4 Å². The largest absolute Gasteiger partial charge is 0.369 e. The van der Waals surface area contributed by atoms with Crippen LogP contribution in [0.4, 0.5) is 5.69 Å². The molecule has 0 bridgehead atoms.